The van der Waals surface area contributed by atoms with Gasteiger partial charge < -0.3 is 9.84 Å². The van der Waals surface area contributed by atoms with Crippen molar-refractivity contribution in [2.75, 3.05) is 7.11 Å². The van der Waals surface area contributed by atoms with Gasteiger partial charge in [-0.05, 0) is 37.1 Å². The van der Waals surface area contributed by atoms with Gasteiger partial charge in [0, 0.05) is 11.8 Å². The maximum absolute atomic E-state index is 10.9. The third-order valence-electron chi connectivity index (χ3n) is 3.08. The van der Waals surface area contributed by atoms with E-state index in [4.69, 9.17) is 9.84 Å². The second-order valence-electron chi connectivity index (χ2n) is 4.41. The van der Waals surface area contributed by atoms with Gasteiger partial charge in [0.2, 0.25) is 0 Å². The number of aliphatic carboxylic acids is 1. The van der Waals surface area contributed by atoms with Crippen molar-refractivity contribution in [3.63, 3.8) is 0 Å². The van der Waals surface area contributed by atoms with Gasteiger partial charge in [-0.3, -0.25) is 4.68 Å². The van der Waals surface area contributed by atoms with Crippen LogP contribution in [0.15, 0.2) is 30.6 Å². The minimum absolute atomic E-state index is 0.673. The maximum atomic E-state index is 10.9. The Morgan fingerprint density at radius 1 is 1.42 bits per heavy atom. The Morgan fingerprint density at radius 2 is 2.16 bits per heavy atom. The van der Waals surface area contributed by atoms with E-state index in [0.29, 0.717) is 0 Å². The Hall–Kier alpha value is -2.30. The number of rotatable bonds is 4. The number of carboxylic acid groups (broad SMARTS) is 1. The number of hydrogen-bond donors (Lipinski definition) is 1. The van der Waals surface area contributed by atoms with Gasteiger partial charge in [0.1, 0.15) is 11.8 Å². The van der Waals surface area contributed by atoms with E-state index in [1.807, 2.05) is 25.1 Å². The molecule has 0 fully saturated rings. The fourth-order valence-corrected chi connectivity index (χ4v) is 1.87. The van der Waals surface area contributed by atoms with E-state index in [9.17, 15) is 4.79 Å². The molecule has 2 aromatic rings. The summed E-state index contributed by atoms with van der Waals surface area (Å²) in [6.45, 7) is 3.56. The van der Waals surface area contributed by atoms with Gasteiger partial charge in [-0.2, -0.15) is 5.10 Å². The summed E-state index contributed by atoms with van der Waals surface area (Å²) in [6.07, 6.45) is 3.40. The summed E-state index contributed by atoms with van der Waals surface area (Å²) in [5.74, 6) is -0.0735. The molecular formula is C14H16N2O3. The van der Waals surface area contributed by atoms with Crippen LogP contribution in [0.5, 0.6) is 5.75 Å². The first kappa shape index (κ1) is 13.1. The highest BCUT2D eigenvalue weighted by Crippen LogP contribution is 2.26. The highest BCUT2D eigenvalue weighted by atomic mass is 16.5. The Labute approximate surface area is 111 Å². The van der Waals surface area contributed by atoms with Gasteiger partial charge in [-0.1, -0.05) is 6.07 Å². The molecule has 0 spiro atoms. The Morgan fingerprint density at radius 3 is 2.74 bits per heavy atom. The van der Waals surface area contributed by atoms with E-state index >= 15 is 0 Å². The second-order valence-corrected chi connectivity index (χ2v) is 4.41. The van der Waals surface area contributed by atoms with Crippen LogP contribution < -0.4 is 4.74 Å². The zero-order valence-electron chi connectivity index (χ0n) is 11.1. The van der Waals surface area contributed by atoms with Crippen molar-refractivity contribution in [2.24, 2.45) is 0 Å². The van der Waals surface area contributed by atoms with Crippen molar-refractivity contribution < 1.29 is 14.6 Å². The van der Waals surface area contributed by atoms with E-state index in [0.717, 1.165) is 22.4 Å². The van der Waals surface area contributed by atoms with Crippen LogP contribution in [-0.4, -0.2) is 28.0 Å². The number of hydrogen-bond acceptors (Lipinski definition) is 3. The average Bonchev–Trinajstić information content (AvgIpc) is 2.87. The predicted octanol–water partition coefficient (Wildman–Crippen LogP) is 2.51. The van der Waals surface area contributed by atoms with Gasteiger partial charge in [0.15, 0.2) is 0 Å². The molecule has 2 rings (SSSR count). The van der Waals surface area contributed by atoms with E-state index < -0.39 is 12.0 Å². The van der Waals surface area contributed by atoms with Gasteiger partial charge in [0.05, 0.1) is 13.3 Å². The van der Waals surface area contributed by atoms with Gasteiger partial charge >= 0.3 is 5.97 Å². The van der Waals surface area contributed by atoms with Crippen molar-refractivity contribution >= 4 is 5.97 Å². The molecule has 1 atom stereocenters. The lowest BCUT2D eigenvalue weighted by Crippen LogP contribution is -2.15. The molecule has 0 amide bonds. The van der Waals surface area contributed by atoms with Crippen molar-refractivity contribution in [3.8, 4) is 16.9 Å². The first-order chi connectivity index (χ1) is 9.02. The fourth-order valence-electron chi connectivity index (χ4n) is 1.87. The van der Waals surface area contributed by atoms with Crippen LogP contribution in [0, 0.1) is 6.92 Å². The second kappa shape index (κ2) is 5.14. The summed E-state index contributed by atoms with van der Waals surface area (Å²) in [4.78, 5) is 10.9. The highest BCUT2D eigenvalue weighted by molar-refractivity contribution is 5.72. The molecular weight excluding hydrogens is 244 g/mol. The molecule has 5 nitrogen and oxygen atoms in total. The van der Waals surface area contributed by atoms with Crippen LogP contribution in [-0.2, 0) is 4.79 Å². The molecule has 0 radical (unpaired) electrons. The molecule has 0 aliphatic heterocycles. The molecule has 0 saturated heterocycles. The van der Waals surface area contributed by atoms with Crippen molar-refractivity contribution in [2.45, 2.75) is 19.9 Å². The molecule has 1 aromatic carbocycles. The van der Waals surface area contributed by atoms with Crippen LogP contribution in [0.4, 0.5) is 0 Å². The maximum Gasteiger partial charge on any atom is 0.328 e. The monoisotopic (exact) mass is 260 g/mol. The summed E-state index contributed by atoms with van der Waals surface area (Å²) in [7, 11) is 1.63. The Kier molecular flexibility index (Phi) is 3.55. The highest BCUT2D eigenvalue weighted by Gasteiger charge is 2.14. The summed E-state index contributed by atoms with van der Waals surface area (Å²) in [5.41, 5.74) is 2.90. The van der Waals surface area contributed by atoms with Crippen LogP contribution in [0.3, 0.4) is 0 Å². The standard InChI is InChI=1S/C14H16N2O3/c1-9-6-11(4-5-13(9)19-3)12-7-15-16(8-12)10(2)14(17)18/h4-8,10H,1-3H3,(H,17,18)/t10-/m1/s1. The number of ether oxygens (including phenoxy) is 1. The minimum Gasteiger partial charge on any atom is -0.496 e. The zero-order chi connectivity index (χ0) is 14.0. The van der Waals surface area contributed by atoms with Crippen LogP contribution >= 0.6 is 0 Å². The summed E-state index contributed by atoms with van der Waals surface area (Å²) >= 11 is 0. The van der Waals surface area contributed by atoms with Crippen molar-refractivity contribution in [1.82, 2.24) is 9.78 Å². The number of benzene rings is 1. The molecule has 19 heavy (non-hydrogen) atoms. The van der Waals surface area contributed by atoms with Gasteiger partial charge in [0.25, 0.3) is 0 Å². The molecule has 1 N–H and O–H groups in total. The molecule has 1 aromatic heterocycles. The molecule has 0 unspecified atom stereocenters. The molecule has 5 heteroatoms. The number of aromatic nitrogens is 2. The lowest BCUT2D eigenvalue weighted by Gasteiger charge is -2.07. The smallest absolute Gasteiger partial charge is 0.328 e. The van der Waals surface area contributed by atoms with Crippen LogP contribution in [0.25, 0.3) is 11.1 Å². The first-order valence-electron chi connectivity index (χ1n) is 5.95. The minimum atomic E-state index is -0.902. The lowest BCUT2D eigenvalue weighted by molar-refractivity contribution is -0.140. The van der Waals surface area contributed by atoms with Crippen LogP contribution in [0.1, 0.15) is 18.5 Å². The third-order valence-corrected chi connectivity index (χ3v) is 3.08. The zero-order valence-corrected chi connectivity index (χ0v) is 11.1. The number of carbonyl (C=O) groups is 1. The normalized spacial score (nSPS) is 12.2. The Bertz CT molecular complexity index is 604. The lowest BCUT2D eigenvalue weighted by atomic mass is 10.1. The largest absolute Gasteiger partial charge is 0.496 e. The Balaban J connectivity index is 2.33. The molecule has 1 heterocycles. The van der Waals surface area contributed by atoms with Crippen molar-refractivity contribution in [1.29, 1.82) is 0 Å². The van der Waals surface area contributed by atoms with Gasteiger partial charge in [-0.25, -0.2) is 4.79 Å². The van der Waals surface area contributed by atoms with E-state index in [1.165, 1.54) is 4.68 Å². The number of carboxylic acids is 1. The van der Waals surface area contributed by atoms with Crippen LogP contribution in [0.2, 0.25) is 0 Å². The number of nitrogens with zero attached hydrogens (tertiary/aromatic N) is 2. The fraction of sp³-hybridized carbons (Fsp3) is 0.286. The quantitative estimate of drug-likeness (QED) is 0.917. The third kappa shape index (κ3) is 2.59. The number of aryl methyl sites for hydroxylation is 1. The van der Waals surface area contributed by atoms with E-state index in [1.54, 1.807) is 26.4 Å². The molecule has 0 bridgehead atoms. The predicted molar refractivity (Wildman–Crippen MR) is 71.3 cm³/mol. The molecule has 0 aliphatic rings. The van der Waals surface area contributed by atoms with Crippen molar-refractivity contribution in [3.05, 3.63) is 36.2 Å². The van der Waals surface area contributed by atoms with E-state index in [2.05, 4.69) is 5.10 Å². The first-order valence-corrected chi connectivity index (χ1v) is 5.95. The SMILES string of the molecule is COc1ccc(-c2cnn([C@H](C)C(=O)O)c2)cc1C. The number of methoxy groups -OCH3 is 1. The van der Waals surface area contributed by atoms with Gasteiger partial charge in [-0.15, -0.1) is 0 Å². The summed E-state index contributed by atoms with van der Waals surface area (Å²) < 4.78 is 6.65. The average molecular weight is 260 g/mol. The molecule has 100 valence electrons. The summed E-state index contributed by atoms with van der Waals surface area (Å²) in [5, 5.41) is 13.0. The molecule has 0 saturated carbocycles. The summed E-state index contributed by atoms with van der Waals surface area (Å²) in [6, 6.07) is 5.14. The molecule has 0 aliphatic carbocycles. The topological polar surface area (TPSA) is 64.4 Å². The van der Waals surface area contributed by atoms with E-state index in [-0.39, 0.29) is 0 Å².